The highest BCUT2D eigenvalue weighted by Crippen LogP contribution is 2.30. The zero-order valence-electron chi connectivity index (χ0n) is 11.9. The summed E-state index contributed by atoms with van der Waals surface area (Å²) in [6, 6.07) is 8.49. The van der Waals surface area contributed by atoms with Gasteiger partial charge < -0.3 is 4.57 Å². The summed E-state index contributed by atoms with van der Waals surface area (Å²) in [4.78, 5) is 12.8. The normalized spacial score (nSPS) is 11.3. The summed E-state index contributed by atoms with van der Waals surface area (Å²) in [6.45, 7) is 1.89. The number of fused-ring (bicyclic) bond motifs is 3. The molecule has 4 rings (SSSR count). The van der Waals surface area contributed by atoms with Crippen molar-refractivity contribution in [2.75, 3.05) is 0 Å². The molecule has 4 nitrogen and oxygen atoms in total. The molecule has 0 aliphatic carbocycles. The molecule has 0 radical (unpaired) electrons. The van der Waals surface area contributed by atoms with Gasteiger partial charge >= 0.3 is 0 Å². The summed E-state index contributed by atoms with van der Waals surface area (Å²) < 4.78 is 2.20. The Balaban J connectivity index is 2.00. The second kappa shape index (κ2) is 4.38. The van der Waals surface area contributed by atoms with Gasteiger partial charge in [0.2, 0.25) is 0 Å². The number of aryl methyl sites for hydroxylation is 2. The SMILES string of the molecule is Cc1ncc(-c2ccc3c4cnccc4n(C)c3c2)cn1. The van der Waals surface area contributed by atoms with Crippen molar-refractivity contribution in [3.05, 3.63) is 54.9 Å². The molecule has 102 valence electrons. The third kappa shape index (κ3) is 1.80. The summed E-state index contributed by atoms with van der Waals surface area (Å²) in [7, 11) is 2.08. The number of rotatable bonds is 1. The van der Waals surface area contributed by atoms with Crippen LogP contribution in [0, 0.1) is 6.92 Å². The lowest BCUT2D eigenvalue weighted by Crippen LogP contribution is -1.89. The lowest BCUT2D eigenvalue weighted by molar-refractivity contribution is 1.01. The Morgan fingerprint density at radius 1 is 0.857 bits per heavy atom. The molecule has 21 heavy (non-hydrogen) atoms. The predicted molar refractivity (Wildman–Crippen MR) is 84.0 cm³/mol. The first-order valence-electron chi connectivity index (χ1n) is 6.85. The molecule has 0 fully saturated rings. The molecule has 0 aliphatic heterocycles. The van der Waals surface area contributed by atoms with E-state index >= 15 is 0 Å². The maximum Gasteiger partial charge on any atom is 0.125 e. The van der Waals surface area contributed by atoms with E-state index in [2.05, 4.69) is 44.8 Å². The van der Waals surface area contributed by atoms with Crippen LogP contribution in [0.4, 0.5) is 0 Å². The fourth-order valence-corrected chi connectivity index (χ4v) is 2.78. The van der Waals surface area contributed by atoms with Crippen molar-refractivity contribution < 1.29 is 0 Å². The molecule has 0 saturated carbocycles. The maximum atomic E-state index is 4.27. The first-order chi connectivity index (χ1) is 10.2. The average Bonchev–Trinajstić information content (AvgIpc) is 2.81. The van der Waals surface area contributed by atoms with Gasteiger partial charge in [-0.1, -0.05) is 12.1 Å². The zero-order valence-corrected chi connectivity index (χ0v) is 11.9. The van der Waals surface area contributed by atoms with Crippen molar-refractivity contribution in [3.63, 3.8) is 0 Å². The molecule has 0 saturated heterocycles. The van der Waals surface area contributed by atoms with Crippen LogP contribution in [0.25, 0.3) is 32.9 Å². The van der Waals surface area contributed by atoms with Gasteiger partial charge in [0.1, 0.15) is 5.82 Å². The minimum atomic E-state index is 0.788. The van der Waals surface area contributed by atoms with Crippen molar-refractivity contribution in [2.24, 2.45) is 7.05 Å². The highest BCUT2D eigenvalue weighted by molar-refractivity contribution is 6.08. The van der Waals surface area contributed by atoms with E-state index in [0.29, 0.717) is 0 Å². The molecule has 4 heteroatoms. The lowest BCUT2D eigenvalue weighted by atomic mass is 10.1. The van der Waals surface area contributed by atoms with E-state index in [-0.39, 0.29) is 0 Å². The fraction of sp³-hybridized carbons (Fsp3) is 0.118. The number of aromatic nitrogens is 4. The van der Waals surface area contributed by atoms with Gasteiger partial charge in [0.25, 0.3) is 0 Å². The summed E-state index contributed by atoms with van der Waals surface area (Å²) in [5, 5.41) is 2.40. The smallest absolute Gasteiger partial charge is 0.125 e. The van der Waals surface area contributed by atoms with Gasteiger partial charge in [0.05, 0.1) is 5.52 Å². The molecular weight excluding hydrogens is 260 g/mol. The monoisotopic (exact) mass is 274 g/mol. The third-order valence-electron chi connectivity index (χ3n) is 3.92. The second-order valence-electron chi connectivity index (χ2n) is 5.20. The van der Waals surface area contributed by atoms with Crippen molar-refractivity contribution >= 4 is 21.8 Å². The molecule has 3 heterocycles. The van der Waals surface area contributed by atoms with Crippen molar-refractivity contribution in [1.82, 2.24) is 19.5 Å². The molecule has 0 spiro atoms. The largest absolute Gasteiger partial charge is 0.343 e. The average molecular weight is 274 g/mol. The predicted octanol–water partition coefficient (Wildman–Crippen LogP) is 3.49. The minimum Gasteiger partial charge on any atom is -0.343 e. The van der Waals surface area contributed by atoms with Crippen LogP contribution >= 0.6 is 0 Å². The van der Waals surface area contributed by atoms with E-state index in [4.69, 9.17) is 0 Å². The summed E-state index contributed by atoms with van der Waals surface area (Å²) in [5.41, 5.74) is 4.54. The van der Waals surface area contributed by atoms with Gasteiger partial charge in [-0.25, -0.2) is 9.97 Å². The Morgan fingerprint density at radius 2 is 1.67 bits per heavy atom. The highest BCUT2D eigenvalue weighted by atomic mass is 14.9. The van der Waals surface area contributed by atoms with Crippen LogP contribution in [0.2, 0.25) is 0 Å². The standard InChI is InChI=1S/C17H14N4/c1-11-19-8-13(9-20-11)12-3-4-14-15-10-18-6-5-16(15)21(2)17(14)7-12/h3-10H,1-2H3. The van der Waals surface area contributed by atoms with E-state index in [1.807, 2.05) is 37.8 Å². The van der Waals surface area contributed by atoms with Gasteiger partial charge in [-0.3, -0.25) is 4.98 Å². The Hall–Kier alpha value is -2.75. The van der Waals surface area contributed by atoms with E-state index < -0.39 is 0 Å². The number of benzene rings is 1. The van der Waals surface area contributed by atoms with Crippen LogP contribution < -0.4 is 0 Å². The van der Waals surface area contributed by atoms with E-state index in [9.17, 15) is 0 Å². The number of nitrogens with zero attached hydrogens (tertiary/aromatic N) is 4. The van der Waals surface area contributed by atoms with E-state index in [1.54, 1.807) is 0 Å². The van der Waals surface area contributed by atoms with Crippen molar-refractivity contribution in [1.29, 1.82) is 0 Å². The zero-order chi connectivity index (χ0) is 14.4. The van der Waals surface area contributed by atoms with Crippen LogP contribution in [0.1, 0.15) is 5.82 Å². The van der Waals surface area contributed by atoms with Crippen LogP contribution in [0.3, 0.4) is 0 Å². The molecule has 0 unspecified atom stereocenters. The molecule has 0 bridgehead atoms. The number of hydrogen-bond donors (Lipinski definition) is 0. The van der Waals surface area contributed by atoms with Gasteiger partial charge in [-0.15, -0.1) is 0 Å². The van der Waals surface area contributed by atoms with E-state index in [0.717, 1.165) is 17.0 Å². The Labute approximate surface area is 122 Å². The molecule has 0 aliphatic rings. The molecular formula is C17H14N4. The topological polar surface area (TPSA) is 43.6 Å². The lowest BCUT2D eigenvalue weighted by Gasteiger charge is -2.03. The van der Waals surface area contributed by atoms with Gasteiger partial charge in [0, 0.05) is 53.7 Å². The molecule has 4 aromatic rings. The number of pyridine rings is 1. The quantitative estimate of drug-likeness (QED) is 0.533. The summed E-state index contributed by atoms with van der Waals surface area (Å²) in [5.74, 6) is 0.788. The van der Waals surface area contributed by atoms with Gasteiger partial charge in [-0.05, 0) is 24.6 Å². The highest BCUT2D eigenvalue weighted by Gasteiger charge is 2.09. The third-order valence-corrected chi connectivity index (χ3v) is 3.92. The Kier molecular flexibility index (Phi) is 2.51. The molecule has 0 amide bonds. The molecule has 3 aromatic heterocycles. The second-order valence-corrected chi connectivity index (χ2v) is 5.20. The van der Waals surface area contributed by atoms with Gasteiger partial charge in [0.15, 0.2) is 0 Å². The summed E-state index contributed by atoms with van der Waals surface area (Å²) >= 11 is 0. The van der Waals surface area contributed by atoms with Crippen molar-refractivity contribution in [2.45, 2.75) is 6.92 Å². The van der Waals surface area contributed by atoms with Crippen LogP contribution in [0.5, 0.6) is 0 Å². The van der Waals surface area contributed by atoms with Crippen LogP contribution in [-0.4, -0.2) is 19.5 Å². The van der Waals surface area contributed by atoms with Crippen molar-refractivity contribution in [3.8, 4) is 11.1 Å². The Morgan fingerprint density at radius 3 is 2.48 bits per heavy atom. The Bertz CT molecular complexity index is 952. The van der Waals surface area contributed by atoms with E-state index in [1.165, 1.54) is 21.8 Å². The van der Waals surface area contributed by atoms with Gasteiger partial charge in [-0.2, -0.15) is 0 Å². The molecule has 0 N–H and O–H groups in total. The van der Waals surface area contributed by atoms with Crippen LogP contribution in [-0.2, 0) is 7.05 Å². The molecule has 1 aromatic carbocycles. The first-order valence-corrected chi connectivity index (χ1v) is 6.85. The fourth-order valence-electron chi connectivity index (χ4n) is 2.78. The first kappa shape index (κ1) is 12.0. The number of hydrogen-bond acceptors (Lipinski definition) is 3. The maximum absolute atomic E-state index is 4.27. The van der Waals surface area contributed by atoms with Crippen LogP contribution in [0.15, 0.2) is 49.1 Å². The molecule has 0 atom stereocenters. The summed E-state index contributed by atoms with van der Waals surface area (Å²) in [6.07, 6.45) is 7.49. The minimum absolute atomic E-state index is 0.788.